The number of nitrogens with zero attached hydrogens (tertiary/aromatic N) is 4. The van der Waals surface area contributed by atoms with E-state index in [-0.39, 0.29) is 31.1 Å². The Morgan fingerprint density at radius 2 is 2.04 bits per heavy atom. The molecular formula is C14H18N4O5. The van der Waals surface area contributed by atoms with Crippen LogP contribution in [0.25, 0.3) is 0 Å². The summed E-state index contributed by atoms with van der Waals surface area (Å²) in [5.74, 6) is -0.719. The van der Waals surface area contributed by atoms with Gasteiger partial charge in [0, 0.05) is 25.7 Å². The lowest BCUT2D eigenvalue weighted by Crippen LogP contribution is -2.40. The van der Waals surface area contributed by atoms with Gasteiger partial charge in [0.15, 0.2) is 0 Å². The van der Waals surface area contributed by atoms with Crippen molar-refractivity contribution in [3.05, 3.63) is 28.4 Å². The molecule has 1 aromatic heterocycles. The van der Waals surface area contributed by atoms with Gasteiger partial charge in [-0.05, 0) is 18.9 Å². The van der Waals surface area contributed by atoms with Crippen molar-refractivity contribution in [2.24, 2.45) is 0 Å². The lowest BCUT2D eigenvalue weighted by molar-refractivity contribution is -0.385. The molecule has 1 saturated heterocycles. The van der Waals surface area contributed by atoms with Crippen LogP contribution in [0.15, 0.2) is 18.3 Å². The molecule has 1 fully saturated rings. The van der Waals surface area contributed by atoms with Crippen LogP contribution in [0.3, 0.4) is 0 Å². The van der Waals surface area contributed by atoms with Crippen molar-refractivity contribution < 1.29 is 19.6 Å². The first kappa shape index (κ1) is 16.7. The lowest BCUT2D eigenvalue weighted by atomic mass is 10.3. The molecule has 0 bridgehead atoms. The summed E-state index contributed by atoms with van der Waals surface area (Å²) in [6.07, 6.45) is 2.89. The molecule has 0 aliphatic carbocycles. The number of nitro groups is 1. The second-order valence-electron chi connectivity index (χ2n) is 5.28. The minimum atomic E-state index is -0.981. The maximum Gasteiger partial charge on any atom is 0.305 e. The van der Waals surface area contributed by atoms with E-state index in [1.54, 1.807) is 9.80 Å². The van der Waals surface area contributed by atoms with Gasteiger partial charge in [-0.3, -0.25) is 19.7 Å². The summed E-state index contributed by atoms with van der Waals surface area (Å²) < 4.78 is 0. The highest BCUT2D eigenvalue weighted by atomic mass is 16.6. The Balaban J connectivity index is 2.10. The topological polar surface area (TPSA) is 117 Å². The zero-order valence-corrected chi connectivity index (χ0v) is 12.6. The summed E-state index contributed by atoms with van der Waals surface area (Å²) in [6.45, 7) is 1.54. The second-order valence-corrected chi connectivity index (χ2v) is 5.28. The number of carboxylic acids is 1. The van der Waals surface area contributed by atoms with Gasteiger partial charge in [0.2, 0.25) is 5.91 Å². The van der Waals surface area contributed by atoms with E-state index >= 15 is 0 Å². The Kier molecular flexibility index (Phi) is 5.45. The number of carbonyl (C=O) groups is 2. The molecule has 23 heavy (non-hydrogen) atoms. The maximum atomic E-state index is 12.2. The molecule has 1 amide bonds. The molecule has 1 N–H and O–H groups in total. The predicted molar refractivity (Wildman–Crippen MR) is 81.2 cm³/mol. The monoisotopic (exact) mass is 322 g/mol. The molecule has 2 heterocycles. The van der Waals surface area contributed by atoms with Crippen molar-refractivity contribution in [2.45, 2.75) is 19.3 Å². The first-order valence-corrected chi connectivity index (χ1v) is 7.32. The zero-order chi connectivity index (χ0) is 16.8. The fraction of sp³-hybridized carbons (Fsp3) is 0.500. The third-order valence-corrected chi connectivity index (χ3v) is 3.65. The molecule has 0 spiro atoms. The SMILES string of the molecule is O=C(O)CCN(CC(=O)N1CCCC1)c1ccc([N+](=O)[O-])cn1. The number of pyridine rings is 1. The number of likely N-dealkylation sites (tertiary alicyclic amines) is 1. The largest absolute Gasteiger partial charge is 0.481 e. The number of hydrogen-bond acceptors (Lipinski definition) is 6. The van der Waals surface area contributed by atoms with Crippen molar-refractivity contribution in [1.29, 1.82) is 0 Å². The Labute approximate surface area is 132 Å². The molecule has 0 saturated carbocycles. The predicted octanol–water partition coefficient (Wildman–Crippen LogP) is 0.893. The summed E-state index contributed by atoms with van der Waals surface area (Å²) in [6, 6.07) is 2.72. The van der Waals surface area contributed by atoms with Crippen LogP contribution < -0.4 is 4.90 Å². The Morgan fingerprint density at radius 3 is 2.57 bits per heavy atom. The molecule has 2 rings (SSSR count). The van der Waals surface area contributed by atoms with E-state index in [1.165, 1.54) is 12.1 Å². The normalized spacial score (nSPS) is 13.8. The third kappa shape index (κ3) is 4.63. The van der Waals surface area contributed by atoms with Gasteiger partial charge in [0.25, 0.3) is 5.69 Å². The van der Waals surface area contributed by atoms with Crippen LogP contribution in [0.4, 0.5) is 11.5 Å². The van der Waals surface area contributed by atoms with Gasteiger partial charge >= 0.3 is 5.97 Å². The highest BCUT2D eigenvalue weighted by Crippen LogP contribution is 2.17. The Hall–Kier alpha value is -2.71. The molecule has 1 aliphatic rings. The quantitative estimate of drug-likeness (QED) is 0.585. The van der Waals surface area contributed by atoms with E-state index < -0.39 is 10.9 Å². The fourth-order valence-corrected chi connectivity index (χ4v) is 2.41. The first-order chi connectivity index (χ1) is 11.0. The minimum absolute atomic E-state index is 0.0120. The van der Waals surface area contributed by atoms with E-state index in [0.717, 1.165) is 19.0 Å². The highest BCUT2D eigenvalue weighted by molar-refractivity contribution is 5.81. The van der Waals surface area contributed by atoms with E-state index in [0.29, 0.717) is 18.9 Å². The first-order valence-electron chi connectivity index (χ1n) is 7.32. The lowest BCUT2D eigenvalue weighted by Gasteiger charge is -2.25. The highest BCUT2D eigenvalue weighted by Gasteiger charge is 2.22. The summed E-state index contributed by atoms with van der Waals surface area (Å²) in [5, 5.41) is 19.5. The van der Waals surface area contributed by atoms with Crippen molar-refractivity contribution in [3.8, 4) is 0 Å². The van der Waals surface area contributed by atoms with Gasteiger partial charge < -0.3 is 14.9 Å². The molecule has 1 aliphatic heterocycles. The van der Waals surface area contributed by atoms with Gasteiger partial charge in [-0.2, -0.15) is 0 Å². The number of rotatable bonds is 7. The van der Waals surface area contributed by atoms with Crippen molar-refractivity contribution in [1.82, 2.24) is 9.88 Å². The standard InChI is InChI=1S/C14H18N4O5/c19-13(16-6-1-2-7-16)10-17(8-5-14(20)21)12-4-3-11(9-15-12)18(22)23/h3-4,9H,1-2,5-8,10H2,(H,20,21). The number of hydrogen-bond donors (Lipinski definition) is 1. The third-order valence-electron chi connectivity index (χ3n) is 3.65. The smallest absolute Gasteiger partial charge is 0.305 e. The van der Waals surface area contributed by atoms with Crippen molar-refractivity contribution in [2.75, 3.05) is 31.1 Å². The molecule has 124 valence electrons. The number of anilines is 1. The number of aliphatic carboxylic acids is 1. The van der Waals surface area contributed by atoms with Crippen LogP contribution in [0.5, 0.6) is 0 Å². The second kappa shape index (κ2) is 7.52. The molecule has 0 unspecified atom stereocenters. The van der Waals surface area contributed by atoms with E-state index in [9.17, 15) is 19.7 Å². The van der Waals surface area contributed by atoms with Gasteiger partial charge in [-0.25, -0.2) is 4.98 Å². The van der Waals surface area contributed by atoms with Gasteiger partial charge in [-0.15, -0.1) is 0 Å². The zero-order valence-electron chi connectivity index (χ0n) is 12.6. The van der Waals surface area contributed by atoms with Crippen LogP contribution in [-0.2, 0) is 9.59 Å². The number of carboxylic acid groups (broad SMARTS) is 1. The Morgan fingerprint density at radius 1 is 1.35 bits per heavy atom. The maximum absolute atomic E-state index is 12.2. The average Bonchev–Trinajstić information content (AvgIpc) is 3.05. The molecule has 0 atom stereocenters. The Bertz CT molecular complexity index is 583. The fourth-order valence-electron chi connectivity index (χ4n) is 2.41. The van der Waals surface area contributed by atoms with Crippen LogP contribution in [0, 0.1) is 10.1 Å². The summed E-state index contributed by atoms with van der Waals surface area (Å²) >= 11 is 0. The minimum Gasteiger partial charge on any atom is -0.481 e. The molecule has 0 aromatic carbocycles. The van der Waals surface area contributed by atoms with Crippen molar-refractivity contribution >= 4 is 23.4 Å². The molecule has 1 aromatic rings. The molecule has 9 nitrogen and oxygen atoms in total. The summed E-state index contributed by atoms with van der Waals surface area (Å²) in [5.41, 5.74) is -0.155. The van der Waals surface area contributed by atoms with Crippen LogP contribution >= 0.6 is 0 Å². The van der Waals surface area contributed by atoms with E-state index in [2.05, 4.69) is 4.98 Å². The number of carbonyl (C=O) groups excluding carboxylic acids is 1. The average molecular weight is 322 g/mol. The molecular weight excluding hydrogens is 304 g/mol. The molecule has 0 radical (unpaired) electrons. The van der Waals surface area contributed by atoms with Crippen LogP contribution in [0.2, 0.25) is 0 Å². The van der Waals surface area contributed by atoms with E-state index in [4.69, 9.17) is 5.11 Å². The van der Waals surface area contributed by atoms with Crippen LogP contribution in [0.1, 0.15) is 19.3 Å². The molecule has 9 heteroatoms. The van der Waals surface area contributed by atoms with Crippen molar-refractivity contribution in [3.63, 3.8) is 0 Å². The van der Waals surface area contributed by atoms with Gasteiger partial charge in [-0.1, -0.05) is 0 Å². The number of amides is 1. The van der Waals surface area contributed by atoms with Crippen LogP contribution in [-0.4, -0.2) is 58.0 Å². The number of aromatic nitrogens is 1. The van der Waals surface area contributed by atoms with E-state index in [1.807, 2.05) is 0 Å². The summed E-state index contributed by atoms with van der Waals surface area (Å²) in [7, 11) is 0. The summed E-state index contributed by atoms with van der Waals surface area (Å²) in [4.78, 5) is 40.4. The van der Waals surface area contributed by atoms with Gasteiger partial charge in [0.1, 0.15) is 12.0 Å². The van der Waals surface area contributed by atoms with Gasteiger partial charge in [0.05, 0.1) is 17.9 Å².